The van der Waals surface area contributed by atoms with Crippen LogP contribution >= 0.6 is 0 Å². The van der Waals surface area contributed by atoms with E-state index in [0.29, 0.717) is 17.9 Å². The first-order valence-electron chi connectivity index (χ1n) is 9.32. The van der Waals surface area contributed by atoms with Crippen LogP contribution < -0.4 is 10.1 Å². The van der Waals surface area contributed by atoms with Crippen molar-refractivity contribution in [3.63, 3.8) is 0 Å². The number of nitrogens with zero attached hydrogens (tertiary/aromatic N) is 3. The third-order valence-electron chi connectivity index (χ3n) is 4.67. The van der Waals surface area contributed by atoms with E-state index in [-0.39, 0.29) is 5.91 Å². The van der Waals surface area contributed by atoms with Crippen molar-refractivity contribution in [1.82, 2.24) is 20.1 Å². The number of hydrogen-bond acceptors (Lipinski definition) is 4. The third kappa shape index (κ3) is 4.16. The number of rotatable bonds is 5. The van der Waals surface area contributed by atoms with Gasteiger partial charge in [-0.2, -0.15) is 0 Å². The zero-order chi connectivity index (χ0) is 18.5. The standard InChI is InChI=1S/C21H22N4O2/c26-21(22-15-20-24-23-19-12-5-2-6-13-25(19)20)16-8-7-11-18(14-16)27-17-9-3-1-4-10-17/h1,3-4,7-11,14H,2,5-6,12-13,15H2,(H,22,26). The van der Waals surface area contributed by atoms with Crippen molar-refractivity contribution in [2.75, 3.05) is 0 Å². The average molecular weight is 362 g/mol. The molecule has 0 saturated carbocycles. The van der Waals surface area contributed by atoms with E-state index in [4.69, 9.17) is 4.74 Å². The first-order chi connectivity index (χ1) is 13.3. The second kappa shape index (κ2) is 8.03. The first-order valence-corrected chi connectivity index (χ1v) is 9.32. The highest BCUT2D eigenvalue weighted by atomic mass is 16.5. The van der Waals surface area contributed by atoms with Crippen LogP contribution in [0.4, 0.5) is 0 Å². The predicted molar refractivity (Wildman–Crippen MR) is 102 cm³/mol. The van der Waals surface area contributed by atoms with Crippen molar-refractivity contribution in [3.05, 3.63) is 71.8 Å². The van der Waals surface area contributed by atoms with E-state index in [9.17, 15) is 4.79 Å². The highest BCUT2D eigenvalue weighted by molar-refractivity contribution is 5.94. The van der Waals surface area contributed by atoms with Gasteiger partial charge in [-0.15, -0.1) is 10.2 Å². The Labute approximate surface area is 158 Å². The van der Waals surface area contributed by atoms with Crippen molar-refractivity contribution in [3.8, 4) is 11.5 Å². The van der Waals surface area contributed by atoms with Crippen LogP contribution in [0.2, 0.25) is 0 Å². The van der Waals surface area contributed by atoms with E-state index in [0.717, 1.165) is 43.2 Å². The topological polar surface area (TPSA) is 69.0 Å². The second-order valence-corrected chi connectivity index (χ2v) is 6.62. The Morgan fingerprint density at radius 1 is 1.00 bits per heavy atom. The van der Waals surface area contributed by atoms with Crippen molar-refractivity contribution in [2.45, 2.75) is 38.8 Å². The number of para-hydroxylation sites is 1. The number of benzene rings is 2. The maximum absolute atomic E-state index is 12.6. The fourth-order valence-electron chi connectivity index (χ4n) is 3.26. The van der Waals surface area contributed by atoms with Gasteiger partial charge < -0.3 is 14.6 Å². The highest BCUT2D eigenvalue weighted by Crippen LogP contribution is 2.22. The molecular formula is C21H22N4O2. The molecule has 4 rings (SSSR count). The van der Waals surface area contributed by atoms with Crippen LogP contribution in [-0.4, -0.2) is 20.7 Å². The molecule has 6 nitrogen and oxygen atoms in total. The van der Waals surface area contributed by atoms with Crippen molar-refractivity contribution >= 4 is 5.91 Å². The zero-order valence-electron chi connectivity index (χ0n) is 15.1. The van der Waals surface area contributed by atoms with Gasteiger partial charge in [0.15, 0.2) is 5.82 Å². The molecular weight excluding hydrogens is 340 g/mol. The van der Waals surface area contributed by atoms with Gasteiger partial charge in [-0.25, -0.2) is 0 Å². The van der Waals surface area contributed by atoms with Crippen LogP contribution in [0.3, 0.4) is 0 Å². The third-order valence-corrected chi connectivity index (χ3v) is 4.67. The van der Waals surface area contributed by atoms with Gasteiger partial charge in [-0.3, -0.25) is 4.79 Å². The van der Waals surface area contributed by atoms with E-state index in [1.807, 2.05) is 42.5 Å². The summed E-state index contributed by atoms with van der Waals surface area (Å²) in [4.78, 5) is 12.6. The molecule has 0 aliphatic carbocycles. The fourth-order valence-corrected chi connectivity index (χ4v) is 3.26. The minimum atomic E-state index is -0.153. The van der Waals surface area contributed by atoms with Gasteiger partial charge in [-0.1, -0.05) is 30.7 Å². The molecule has 2 heterocycles. The molecule has 0 saturated heterocycles. The smallest absolute Gasteiger partial charge is 0.251 e. The molecule has 2 aromatic carbocycles. The predicted octanol–water partition coefficient (Wildman–Crippen LogP) is 3.73. The Kier molecular flexibility index (Phi) is 5.14. The van der Waals surface area contributed by atoms with Crippen LogP contribution in [-0.2, 0) is 19.5 Å². The van der Waals surface area contributed by atoms with Crippen molar-refractivity contribution in [2.24, 2.45) is 0 Å². The van der Waals surface area contributed by atoms with Crippen LogP contribution in [0.5, 0.6) is 11.5 Å². The number of nitrogens with one attached hydrogen (secondary N) is 1. The lowest BCUT2D eigenvalue weighted by Crippen LogP contribution is -2.25. The van der Waals surface area contributed by atoms with E-state index in [1.54, 1.807) is 12.1 Å². The quantitative estimate of drug-likeness (QED) is 0.751. The number of amides is 1. The number of ether oxygens (including phenoxy) is 1. The first kappa shape index (κ1) is 17.3. The van der Waals surface area contributed by atoms with Crippen LogP contribution in [0, 0.1) is 0 Å². The van der Waals surface area contributed by atoms with Gasteiger partial charge in [-0.05, 0) is 43.2 Å². The minimum Gasteiger partial charge on any atom is -0.457 e. The van der Waals surface area contributed by atoms with E-state index in [1.165, 1.54) is 6.42 Å². The molecule has 0 radical (unpaired) electrons. The van der Waals surface area contributed by atoms with Gasteiger partial charge in [0, 0.05) is 18.5 Å². The summed E-state index contributed by atoms with van der Waals surface area (Å²) in [6.45, 7) is 1.30. The summed E-state index contributed by atoms with van der Waals surface area (Å²) < 4.78 is 7.94. The Balaban J connectivity index is 1.42. The van der Waals surface area contributed by atoms with Gasteiger partial charge in [0.1, 0.15) is 17.3 Å². The minimum absolute atomic E-state index is 0.153. The summed E-state index contributed by atoms with van der Waals surface area (Å²) in [6, 6.07) is 16.7. The lowest BCUT2D eigenvalue weighted by Gasteiger charge is -2.10. The van der Waals surface area contributed by atoms with E-state index >= 15 is 0 Å². The molecule has 0 unspecified atom stereocenters. The number of carbonyl (C=O) groups is 1. The maximum Gasteiger partial charge on any atom is 0.251 e. The van der Waals surface area contributed by atoms with Crippen molar-refractivity contribution in [1.29, 1.82) is 0 Å². The summed E-state index contributed by atoms with van der Waals surface area (Å²) >= 11 is 0. The maximum atomic E-state index is 12.6. The molecule has 0 spiro atoms. The number of fused-ring (bicyclic) bond motifs is 1. The molecule has 0 fully saturated rings. The van der Waals surface area contributed by atoms with Gasteiger partial charge in [0.25, 0.3) is 5.91 Å². The molecule has 1 N–H and O–H groups in total. The highest BCUT2D eigenvalue weighted by Gasteiger charge is 2.15. The summed E-state index contributed by atoms with van der Waals surface area (Å²) in [5.41, 5.74) is 0.555. The Morgan fingerprint density at radius 3 is 2.74 bits per heavy atom. The SMILES string of the molecule is O=C(NCc1nnc2n1CCCCC2)c1cccc(Oc2ccccc2)c1. The second-order valence-electron chi connectivity index (χ2n) is 6.62. The van der Waals surface area contributed by atoms with Gasteiger partial charge in [0.2, 0.25) is 0 Å². The largest absolute Gasteiger partial charge is 0.457 e. The zero-order valence-corrected chi connectivity index (χ0v) is 15.1. The Morgan fingerprint density at radius 2 is 1.85 bits per heavy atom. The normalized spacial score (nSPS) is 13.5. The van der Waals surface area contributed by atoms with Crippen LogP contribution in [0.25, 0.3) is 0 Å². The summed E-state index contributed by atoms with van der Waals surface area (Å²) in [7, 11) is 0. The van der Waals surface area contributed by atoms with Gasteiger partial charge >= 0.3 is 0 Å². The summed E-state index contributed by atoms with van der Waals surface area (Å²) in [6.07, 6.45) is 4.45. The number of carbonyl (C=O) groups excluding carboxylic acids is 1. The summed E-state index contributed by atoms with van der Waals surface area (Å²) in [5.74, 6) is 3.05. The number of aryl methyl sites for hydroxylation is 1. The molecule has 1 aliphatic rings. The Hall–Kier alpha value is -3.15. The molecule has 3 aromatic rings. The Bertz CT molecular complexity index is 921. The van der Waals surface area contributed by atoms with Crippen LogP contribution in [0.1, 0.15) is 41.3 Å². The molecule has 1 amide bonds. The molecule has 6 heteroatoms. The van der Waals surface area contributed by atoms with E-state index in [2.05, 4.69) is 20.1 Å². The monoisotopic (exact) mass is 362 g/mol. The van der Waals surface area contributed by atoms with E-state index < -0.39 is 0 Å². The molecule has 1 aromatic heterocycles. The van der Waals surface area contributed by atoms with Crippen molar-refractivity contribution < 1.29 is 9.53 Å². The lowest BCUT2D eigenvalue weighted by atomic mass is 10.2. The number of aromatic nitrogens is 3. The molecule has 27 heavy (non-hydrogen) atoms. The summed E-state index contributed by atoms with van der Waals surface area (Å²) in [5, 5.41) is 11.5. The molecule has 1 aliphatic heterocycles. The lowest BCUT2D eigenvalue weighted by molar-refractivity contribution is 0.0949. The molecule has 0 bridgehead atoms. The molecule has 138 valence electrons. The average Bonchev–Trinajstić information content (AvgIpc) is 2.93. The molecule has 0 atom stereocenters. The van der Waals surface area contributed by atoms with Gasteiger partial charge in [0.05, 0.1) is 6.54 Å². The fraction of sp³-hybridized carbons (Fsp3) is 0.286. The van der Waals surface area contributed by atoms with Crippen LogP contribution in [0.15, 0.2) is 54.6 Å². The number of hydrogen-bond donors (Lipinski definition) is 1.